The van der Waals surface area contributed by atoms with Crippen LogP contribution in [-0.4, -0.2) is 26.4 Å². The zero-order valence-corrected chi connectivity index (χ0v) is 6.67. The first-order valence-corrected chi connectivity index (χ1v) is 3.40. The summed E-state index contributed by atoms with van der Waals surface area (Å²) >= 11 is 0. The number of hydrogen-bond donors (Lipinski definition) is 2. The van der Waals surface area contributed by atoms with Crippen LogP contribution in [0.25, 0.3) is 11.6 Å². The zero-order valence-electron chi connectivity index (χ0n) is 6.67. The maximum atomic E-state index is 10.6. The van der Waals surface area contributed by atoms with E-state index in [9.17, 15) is 4.79 Å². The van der Waals surface area contributed by atoms with Crippen molar-refractivity contribution in [1.82, 2.24) is 20.5 Å². The maximum Gasteiger partial charge on any atom is 0.290 e. The molecule has 72 valence electrons. The largest absolute Gasteiger partial charge is 0.379 e. The monoisotopic (exact) mass is 196 g/mol. The standard InChI is InChI=1S/C5H4N6O3/c6-2-1(9-14-10-2)5-8-4(3(7)12)11-13-5/h(H2,6,10)(H2,7,12). The molecule has 2 aromatic rings. The number of primary amides is 1. The Morgan fingerprint density at radius 1 is 1.29 bits per heavy atom. The van der Waals surface area contributed by atoms with Gasteiger partial charge >= 0.3 is 0 Å². The van der Waals surface area contributed by atoms with E-state index in [2.05, 4.69) is 29.6 Å². The van der Waals surface area contributed by atoms with E-state index in [-0.39, 0.29) is 23.2 Å². The predicted molar refractivity (Wildman–Crippen MR) is 40.5 cm³/mol. The molecule has 0 radical (unpaired) electrons. The summed E-state index contributed by atoms with van der Waals surface area (Å²) in [6.07, 6.45) is 0. The molecular weight excluding hydrogens is 192 g/mol. The molecule has 9 heteroatoms. The van der Waals surface area contributed by atoms with Crippen LogP contribution in [0.4, 0.5) is 5.82 Å². The lowest BCUT2D eigenvalue weighted by Gasteiger charge is -1.82. The highest BCUT2D eigenvalue weighted by Crippen LogP contribution is 2.19. The number of carbonyl (C=O) groups excluding carboxylic acids is 1. The Morgan fingerprint density at radius 2 is 2.07 bits per heavy atom. The fourth-order valence-corrected chi connectivity index (χ4v) is 0.764. The maximum absolute atomic E-state index is 10.6. The Morgan fingerprint density at radius 3 is 2.57 bits per heavy atom. The molecule has 1 amide bonds. The number of anilines is 1. The normalized spacial score (nSPS) is 10.3. The van der Waals surface area contributed by atoms with Crippen LogP contribution in [0.15, 0.2) is 9.15 Å². The minimum absolute atomic E-state index is 0.00956. The number of hydrogen-bond acceptors (Lipinski definition) is 8. The third kappa shape index (κ3) is 1.16. The van der Waals surface area contributed by atoms with Gasteiger partial charge in [-0.15, -0.1) is 0 Å². The van der Waals surface area contributed by atoms with E-state index < -0.39 is 5.91 Å². The van der Waals surface area contributed by atoms with E-state index in [0.29, 0.717) is 0 Å². The first-order valence-electron chi connectivity index (χ1n) is 3.40. The lowest BCUT2D eigenvalue weighted by molar-refractivity contribution is 0.0987. The van der Waals surface area contributed by atoms with Gasteiger partial charge in [0.25, 0.3) is 17.6 Å². The van der Waals surface area contributed by atoms with Crippen molar-refractivity contribution >= 4 is 11.7 Å². The molecule has 0 unspecified atom stereocenters. The quantitative estimate of drug-likeness (QED) is 0.608. The van der Waals surface area contributed by atoms with Crippen molar-refractivity contribution in [2.45, 2.75) is 0 Å². The minimum atomic E-state index is -0.810. The van der Waals surface area contributed by atoms with Crippen molar-refractivity contribution < 1.29 is 13.9 Å². The Labute approximate surface area is 76.0 Å². The van der Waals surface area contributed by atoms with Crippen molar-refractivity contribution in [3.05, 3.63) is 5.82 Å². The van der Waals surface area contributed by atoms with Crippen LogP contribution in [-0.2, 0) is 0 Å². The van der Waals surface area contributed by atoms with Crippen LogP contribution in [0.3, 0.4) is 0 Å². The summed E-state index contributed by atoms with van der Waals surface area (Å²) in [4.78, 5) is 14.2. The molecule has 0 saturated carbocycles. The summed E-state index contributed by atoms with van der Waals surface area (Å²) in [6, 6.07) is 0. The molecule has 9 nitrogen and oxygen atoms in total. The van der Waals surface area contributed by atoms with Gasteiger partial charge in [-0.1, -0.05) is 5.16 Å². The van der Waals surface area contributed by atoms with Gasteiger partial charge in [0.15, 0.2) is 0 Å². The lowest BCUT2D eigenvalue weighted by Crippen LogP contribution is -2.12. The van der Waals surface area contributed by atoms with Gasteiger partial charge in [0, 0.05) is 0 Å². The van der Waals surface area contributed by atoms with Crippen LogP contribution in [0.5, 0.6) is 0 Å². The molecule has 14 heavy (non-hydrogen) atoms. The highest BCUT2D eigenvalue weighted by atomic mass is 16.6. The van der Waals surface area contributed by atoms with Gasteiger partial charge in [-0.05, 0) is 10.3 Å². The van der Waals surface area contributed by atoms with E-state index in [1.807, 2.05) is 0 Å². The van der Waals surface area contributed by atoms with Gasteiger partial charge in [0.1, 0.15) is 0 Å². The number of nitrogens with zero attached hydrogens (tertiary/aromatic N) is 4. The van der Waals surface area contributed by atoms with Gasteiger partial charge in [-0.3, -0.25) is 4.79 Å². The zero-order chi connectivity index (χ0) is 10.1. The Balaban J connectivity index is 2.43. The summed E-state index contributed by atoms with van der Waals surface area (Å²) in [5.41, 5.74) is 10.3. The second kappa shape index (κ2) is 2.80. The number of nitrogen functional groups attached to an aromatic ring is 1. The Kier molecular flexibility index (Phi) is 1.63. The summed E-state index contributed by atoms with van der Waals surface area (Å²) in [5, 5.41) is 9.98. The van der Waals surface area contributed by atoms with Crippen LogP contribution in [0, 0.1) is 0 Å². The molecule has 0 aromatic carbocycles. The summed E-state index contributed by atoms with van der Waals surface area (Å²) in [5.74, 6) is -1.15. The SMILES string of the molecule is NC(=O)c1noc(-c2nonc2N)n1. The fourth-order valence-electron chi connectivity index (χ4n) is 0.764. The van der Waals surface area contributed by atoms with Gasteiger partial charge in [-0.2, -0.15) is 4.98 Å². The third-order valence-corrected chi connectivity index (χ3v) is 1.36. The van der Waals surface area contributed by atoms with Crippen LogP contribution in [0.2, 0.25) is 0 Å². The van der Waals surface area contributed by atoms with Crippen LogP contribution in [0.1, 0.15) is 10.6 Å². The van der Waals surface area contributed by atoms with Crippen LogP contribution < -0.4 is 11.5 Å². The topological polar surface area (TPSA) is 147 Å². The van der Waals surface area contributed by atoms with Crippen molar-refractivity contribution in [1.29, 1.82) is 0 Å². The Hall–Kier alpha value is -2.45. The number of rotatable bonds is 2. The molecule has 0 saturated heterocycles. The van der Waals surface area contributed by atoms with Crippen molar-refractivity contribution in [2.75, 3.05) is 5.73 Å². The first-order chi connectivity index (χ1) is 6.68. The van der Waals surface area contributed by atoms with Gasteiger partial charge in [-0.25, -0.2) is 4.63 Å². The van der Waals surface area contributed by atoms with E-state index >= 15 is 0 Å². The molecule has 0 aliphatic carbocycles. The molecular formula is C5H4N6O3. The molecule has 0 atom stereocenters. The van der Waals surface area contributed by atoms with E-state index in [4.69, 9.17) is 11.5 Å². The van der Waals surface area contributed by atoms with Crippen molar-refractivity contribution in [3.63, 3.8) is 0 Å². The van der Waals surface area contributed by atoms with E-state index in [1.165, 1.54) is 0 Å². The first kappa shape index (κ1) is 8.16. The summed E-state index contributed by atoms with van der Waals surface area (Å²) < 4.78 is 8.95. The van der Waals surface area contributed by atoms with Gasteiger partial charge in [0.2, 0.25) is 11.5 Å². The van der Waals surface area contributed by atoms with Gasteiger partial charge in [0.05, 0.1) is 0 Å². The van der Waals surface area contributed by atoms with Crippen molar-refractivity contribution in [2.24, 2.45) is 5.73 Å². The average molecular weight is 196 g/mol. The third-order valence-electron chi connectivity index (χ3n) is 1.36. The number of nitrogens with two attached hydrogens (primary N) is 2. The molecule has 2 heterocycles. The number of amides is 1. The smallest absolute Gasteiger partial charge is 0.290 e. The van der Waals surface area contributed by atoms with E-state index in [0.717, 1.165) is 0 Å². The highest BCUT2D eigenvalue weighted by molar-refractivity contribution is 5.89. The summed E-state index contributed by atoms with van der Waals surface area (Å²) in [7, 11) is 0. The highest BCUT2D eigenvalue weighted by Gasteiger charge is 2.18. The average Bonchev–Trinajstić information content (AvgIpc) is 2.71. The molecule has 0 aliphatic rings. The van der Waals surface area contributed by atoms with Crippen molar-refractivity contribution in [3.8, 4) is 11.6 Å². The molecule has 4 N–H and O–H groups in total. The second-order valence-electron chi connectivity index (χ2n) is 2.29. The molecule has 0 aliphatic heterocycles. The van der Waals surface area contributed by atoms with Crippen LogP contribution >= 0.6 is 0 Å². The molecule has 0 bridgehead atoms. The lowest BCUT2D eigenvalue weighted by atomic mass is 10.4. The molecule has 2 aromatic heterocycles. The minimum Gasteiger partial charge on any atom is -0.379 e. The second-order valence-corrected chi connectivity index (χ2v) is 2.29. The predicted octanol–water partition coefficient (Wildman–Crippen LogP) is -1.20. The summed E-state index contributed by atoms with van der Waals surface area (Å²) in [6.45, 7) is 0. The van der Waals surface area contributed by atoms with Gasteiger partial charge < -0.3 is 16.0 Å². The van der Waals surface area contributed by atoms with E-state index in [1.54, 1.807) is 0 Å². The Bertz CT molecular complexity index is 473. The molecule has 0 fully saturated rings. The number of aromatic nitrogens is 4. The molecule has 2 rings (SSSR count). The molecule has 0 spiro atoms. The fraction of sp³-hybridized carbons (Fsp3) is 0. The number of carbonyl (C=O) groups is 1.